The van der Waals surface area contributed by atoms with E-state index in [0.717, 1.165) is 22.4 Å². The highest BCUT2D eigenvalue weighted by molar-refractivity contribution is 5.72. The fourth-order valence-corrected chi connectivity index (χ4v) is 1.97. The van der Waals surface area contributed by atoms with Crippen LogP contribution in [-0.4, -0.2) is 7.11 Å². The molecular formula is C16H12N2O. The molecule has 0 spiro atoms. The van der Waals surface area contributed by atoms with Crippen LogP contribution in [0.5, 0.6) is 5.75 Å². The lowest BCUT2D eigenvalue weighted by Gasteiger charge is -2.09. The van der Waals surface area contributed by atoms with Gasteiger partial charge >= 0.3 is 0 Å². The van der Waals surface area contributed by atoms with Gasteiger partial charge in [0.1, 0.15) is 5.75 Å². The van der Waals surface area contributed by atoms with Crippen molar-refractivity contribution in [1.82, 2.24) is 0 Å². The van der Waals surface area contributed by atoms with Crippen molar-refractivity contribution in [3.63, 3.8) is 0 Å². The number of methoxy groups -OCH3 is 1. The fourth-order valence-electron chi connectivity index (χ4n) is 1.97. The lowest BCUT2D eigenvalue weighted by atomic mass is 9.98. The monoisotopic (exact) mass is 248 g/mol. The van der Waals surface area contributed by atoms with Crippen molar-refractivity contribution in [3.05, 3.63) is 53.6 Å². The molecule has 0 heterocycles. The van der Waals surface area contributed by atoms with Crippen molar-refractivity contribution >= 4 is 0 Å². The van der Waals surface area contributed by atoms with Crippen molar-refractivity contribution in [2.45, 2.75) is 6.42 Å². The maximum atomic E-state index is 9.15. The maximum Gasteiger partial charge on any atom is 0.126 e. The average Bonchev–Trinajstić information content (AvgIpc) is 2.48. The highest BCUT2D eigenvalue weighted by Crippen LogP contribution is 2.30. The van der Waals surface area contributed by atoms with Crippen LogP contribution in [0.4, 0.5) is 0 Å². The van der Waals surface area contributed by atoms with Gasteiger partial charge in [0, 0.05) is 5.56 Å². The molecule has 2 aromatic rings. The van der Waals surface area contributed by atoms with Gasteiger partial charge in [0.25, 0.3) is 0 Å². The summed E-state index contributed by atoms with van der Waals surface area (Å²) >= 11 is 0. The lowest BCUT2D eigenvalue weighted by molar-refractivity contribution is 0.416. The van der Waals surface area contributed by atoms with E-state index in [-0.39, 0.29) is 6.42 Å². The van der Waals surface area contributed by atoms with Gasteiger partial charge in [-0.1, -0.05) is 30.3 Å². The predicted molar refractivity (Wildman–Crippen MR) is 72.5 cm³/mol. The molecule has 2 aromatic carbocycles. The molecule has 0 N–H and O–H groups in total. The molecule has 19 heavy (non-hydrogen) atoms. The summed E-state index contributed by atoms with van der Waals surface area (Å²) in [6, 6.07) is 17.4. The molecule has 0 aliphatic rings. The van der Waals surface area contributed by atoms with E-state index >= 15 is 0 Å². The molecule has 0 atom stereocenters. The third-order valence-electron chi connectivity index (χ3n) is 2.92. The van der Waals surface area contributed by atoms with Gasteiger partial charge in [-0.05, 0) is 23.3 Å². The van der Waals surface area contributed by atoms with Gasteiger partial charge in [0.15, 0.2) is 0 Å². The third kappa shape index (κ3) is 2.56. The van der Waals surface area contributed by atoms with Crippen LogP contribution in [0, 0.1) is 22.7 Å². The molecule has 3 heteroatoms. The summed E-state index contributed by atoms with van der Waals surface area (Å²) in [6.45, 7) is 0. The Balaban J connectivity index is 2.53. The Bertz CT molecular complexity index is 678. The first-order valence-electron chi connectivity index (χ1n) is 5.83. The zero-order valence-corrected chi connectivity index (χ0v) is 10.6. The fraction of sp³-hybridized carbons (Fsp3) is 0.125. The van der Waals surface area contributed by atoms with Gasteiger partial charge in [0.2, 0.25) is 0 Å². The number of hydrogen-bond donors (Lipinski definition) is 0. The van der Waals surface area contributed by atoms with Crippen LogP contribution in [0.2, 0.25) is 0 Å². The summed E-state index contributed by atoms with van der Waals surface area (Å²) in [5.41, 5.74) is 3.13. The van der Waals surface area contributed by atoms with E-state index in [9.17, 15) is 0 Å². The normalized spacial score (nSPS) is 9.42. The summed E-state index contributed by atoms with van der Waals surface area (Å²) < 4.78 is 5.32. The number of hydrogen-bond acceptors (Lipinski definition) is 3. The number of rotatable bonds is 3. The van der Waals surface area contributed by atoms with E-state index in [0.29, 0.717) is 5.56 Å². The molecule has 0 unspecified atom stereocenters. The van der Waals surface area contributed by atoms with Crippen LogP contribution in [0.1, 0.15) is 11.1 Å². The molecule has 0 aliphatic heterocycles. The Labute approximate surface area is 112 Å². The van der Waals surface area contributed by atoms with Crippen molar-refractivity contribution < 1.29 is 4.74 Å². The second-order valence-corrected chi connectivity index (χ2v) is 4.02. The van der Waals surface area contributed by atoms with Crippen LogP contribution in [0.3, 0.4) is 0 Å². The minimum absolute atomic E-state index is 0.245. The quantitative estimate of drug-likeness (QED) is 0.837. The zero-order valence-electron chi connectivity index (χ0n) is 10.6. The molecule has 0 aromatic heterocycles. The molecule has 0 saturated heterocycles. The van der Waals surface area contributed by atoms with Crippen LogP contribution in [-0.2, 0) is 6.42 Å². The van der Waals surface area contributed by atoms with Gasteiger partial charge in [-0.2, -0.15) is 10.5 Å². The van der Waals surface area contributed by atoms with Gasteiger partial charge in [0.05, 0.1) is 31.2 Å². The molecule has 2 rings (SSSR count). The Morgan fingerprint density at radius 1 is 1.11 bits per heavy atom. The molecule has 0 radical (unpaired) electrons. The molecule has 0 saturated carbocycles. The van der Waals surface area contributed by atoms with Gasteiger partial charge in [-0.15, -0.1) is 0 Å². The Morgan fingerprint density at radius 2 is 1.89 bits per heavy atom. The summed E-state index contributed by atoms with van der Waals surface area (Å²) in [5.74, 6) is 0.763. The number of nitrogens with zero attached hydrogens (tertiary/aromatic N) is 2. The maximum absolute atomic E-state index is 9.15. The summed E-state index contributed by atoms with van der Waals surface area (Å²) in [4.78, 5) is 0. The third-order valence-corrected chi connectivity index (χ3v) is 2.92. The Hall–Kier alpha value is -2.78. The molecule has 3 nitrogen and oxygen atoms in total. The highest BCUT2D eigenvalue weighted by Gasteiger charge is 2.08. The van der Waals surface area contributed by atoms with E-state index in [4.69, 9.17) is 15.3 Å². The second kappa shape index (κ2) is 5.71. The van der Waals surface area contributed by atoms with E-state index < -0.39 is 0 Å². The number of ether oxygens (including phenoxy) is 1. The van der Waals surface area contributed by atoms with Gasteiger partial charge in [-0.3, -0.25) is 0 Å². The molecule has 0 bridgehead atoms. The number of para-hydroxylation sites is 1. The summed E-state index contributed by atoms with van der Waals surface area (Å²) in [7, 11) is 1.62. The average molecular weight is 248 g/mol. The van der Waals surface area contributed by atoms with Crippen molar-refractivity contribution in [3.8, 4) is 29.0 Å². The first-order valence-corrected chi connectivity index (χ1v) is 5.83. The van der Waals surface area contributed by atoms with Gasteiger partial charge < -0.3 is 4.74 Å². The largest absolute Gasteiger partial charge is 0.496 e. The topological polar surface area (TPSA) is 56.8 Å². The Kier molecular flexibility index (Phi) is 3.81. The van der Waals surface area contributed by atoms with Crippen LogP contribution < -0.4 is 4.74 Å². The first-order chi connectivity index (χ1) is 9.30. The highest BCUT2D eigenvalue weighted by atomic mass is 16.5. The number of nitriles is 2. The molecule has 0 amide bonds. The van der Waals surface area contributed by atoms with Gasteiger partial charge in [-0.25, -0.2) is 0 Å². The van der Waals surface area contributed by atoms with Crippen molar-refractivity contribution in [2.24, 2.45) is 0 Å². The molecule has 0 aliphatic carbocycles. The van der Waals surface area contributed by atoms with Crippen molar-refractivity contribution in [2.75, 3.05) is 7.11 Å². The molecule has 92 valence electrons. The first kappa shape index (κ1) is 12.7. The standard InChI is InChI=1S/C16H12N2O/c1-19-16-5-3-2-4-15(16)13-7-6-12(8-9-17)14(10-13)11-18/h2-7,10H,8H2,1H3. The zero-order chi connectivity index (χ0) is 13.7. The molecular weight excluding hydrogens is 236 g/mol. The van der Waals surface area contributed by atoms with E-state index in [1.165, 1.54) is 0 Å². The summed E-state index contributed by atoms with van der Waals surface area (Å²) in [6.07, 6.45) is 0.245. The van der Waals surface area contributed by atoms with E-state index in [1.54, 1.807) is 13.2 Å². The van der Waals surface area contributed by atoms with Crippen LogP contribution >= 0.6 is 0 Å². The smallest absolute Gasteiger partial charge is 0.126 e. The summed E-state index contributed by atoms with van der Waals surface area (Å²) in [5, 5.41) is 17.9. The minimum Gasteiger partial charge on any atom is -0.496 e. The lowest BCUT2D eigenvalue weighted by Crippen LogP contribution is -1.92. The number of benzene rings is 2. The van der Waals surface area contributed by atoms with Crippen molar-refractivity contribution in [1.29, 1.82) is 10.5 Å². The second-order valence-electron chi connectivity index (χ2n) is 4.02. The van der Waals surface area contributed by atoms with Crippen LogP contribution in [0.25, 0.3) is 11.1 Å². The Morgan fingerprint density at radius 3 is 2.58 bits per heavy atom. The minimum atomic E-state index is 0.245. The SMILES string of the molecule is COc1ccccc1-c1ccc(CC#N)c(C#N)c1. The predicted octanol–water partition coefficient (Wildman–Crippen LogP) is 3.30. The van der Waals surface area contributed by atoms with Crippen LogP contribution in [0.15, 0.2) is 42.5 Å². The molecule has 0 fully saturated rings. The van der Waals surface area contributed by atoms with E-state index in [2.05, 4.69) is 12.1 Å². The van der Waals surface area contributed by atoms with E-state index in [1.807, 2.05) is 36.4 Å².